The van der Waals surface area contributed by atoms with Crippen molar-refractivity contribution in [2.45, 2.75) is 126 Å². The molecule has 0 radical (unpaired) electrons. The number of carbonyl (C=O) groups is 11. The Labute approximate surface area is 592 Å². The third kappa shape index (κ3) is 28.1. The van der Waals surface area contributed by atoms with Crippen LogP contribution in [-0.2, 0) is 72.0 Å². The quantitative estimate of drug-likeness (QED) is 0.0225. The van der Waals surface area contributed by atoms with Gasteiger partial charge in [-0.25, -0.2) is 0 Å². The number of amides is 8. The summed E-state index contributed by atoms with van der Waals surface area (Å²) >= 11 is 0. The minimum Gasteiger partial charge on any atom is -0.508 e. The summed E-state index contributed by atoms with van der Waals surface area (Å²) in [6.07, 6.45) is -0.601. The van der Waals surface area contributed by atoms with Crippen molar-refractivity contribution in [1.82, 2.24) is 67.1 Å². The number of nitrogens with zero attached hydrogens (tertiary/aromatic N) is 4. The van der Waals surface area contributed by atoms with Crippen LogP contribution in [0, 0.1) is 0 Å². The Morgan fingerprint density at radius 1 is 0.594 bits per heavy atom. The van der Waals surface area contributed by atoms with Gasteiger partial charge in [-0.1, -0.05) is 82.3 Å². The zero-order valence-electron chi connectivity index (χ0n) is 56.6. The maximum absolute atomic E-state index is 15.3. The highest BCUT2D eigenvalue weighted by molar-refractivity contribution is 8.76. The van der Waals surface area contributed by atoms with Gasteiger partial charge in [0, 0.05) is 93.7 Å². The Bertz CT molecular complexity index is 3390. The number of aliphatic carboxylic acids is 3. The Hall–Kier alpha value is -8.45. The zero-order chi connectivity index (χ0) is 73.5. The Morgan fingerprint density at radius 3 is 1.69 bits per heavy atom. The number of carboxylic acids is 3. The zero-order valence-corrected chi connectivity index (χ0v) is 58.3. The summed E-state index contributed by atoms with van der Waals surface area (Å²) in [6, 6.07) is 9.36. The number of hydrogen-bond acceptors (Lipinski definition) is 22. The average molecular weight is 1450 g/mol. The molecule has 0 bridgehead atoms. The second kappa shape index (κ2) is 42.1. The molecular weight excluding hydrogens is 1350 g/mol. The molecule has 1 aromatic heterocycles. The van der Waals surface area contributed by atoms with Gasteiger partial charge in [-0.2, -0.15) is 0 Å². The number of fused-ring (bicyclic) bond motifs is 1. The van der Waals surface area contributed by atoms with Gasteiger partial charge in [-0.15, -0.1) is 0 Å². The fraction of sp³-hybridized carbons (Fsp3) is 0.537. The smallest absolute Gasteiger partial charge is 0.317 e. The minimum absolute atomic E-state index is 0.0515. The summed E-state index contributed by atoms with van der Waals surface area (Å²) in [4.78, 5) is 164. The summed E-state index contributed by atoms with van der Waals surface area (Å²) in [5.41, 5.74) is 8.08. The van der Waals surface area contributed by atoms with Gasteiger partial charge in [0.2, 0.25) is 47.3 Å². The molecule has 2 saturated heterocycles. The van der Waals surface area contributed by atoms with Gasteiger partial charge in [-0.05, 0) is 93.9 Å². The van der Waals surface area contributed by atoms with Crippen LogP contribution in [0.5, 0.6) is 5.75 Å². The third-order valence-electron chi connectivity index (χ3n) is 17.0. The SMILES string of the molecule is C[C@@H](O)C1NC(=O)[C@H](CCCCN)NC(=O)[C@@H](Cc2c[nH]c3ccccc23)NC(=O)C(Cc2ccc(O)cc2)NC(=O)[C@@H](NC(=O)[C@@H](Cc2ccccc2)NC(=O)CN2CCCN(CC(=O)O)CCN(CC(=O)O)CCCN(CC(=O)O)CC2)CSSCC(C(=O)N[C@@H](CO)[C@@H](C)O)NC1=O. The van der Waals surface area contributed by atoms with Crippen molar-refractivity contribution >= 4 is 97.7 Å². The highest BCUT2D eigenvalue weighted by atomic mass is 33.1. The first-order valence-electron chi connectivity index (χ1n) is 33.5. The number of aliphatic hydroxyl groups is 3. The van der Waals surface area contributed by atoms with E-state index in [9.17, 15) is 74.1 Å². The number of H-pyrrole nitrogens is 1. The van der Waals surface area contributed by atoms with Crippen molar-refractivity contribution in [2.75, 3.05) is 103 Å². The van der Waals surface area contributed by atoms with Crippen molar-refractivity contribution in [3.05, 3.63) is 102 Å². The first kappa shape index (κ1) is 81.5. The lowest BCUT2D eigenvalue weighted by atomic mass is 10.0. The third-order valence-corrected chi connectivity index (χ3v) is 19.5. The lowest BCUT2D eigenvalue weighted by Gasteiger charge is -2.31. The molecule has 2 fully saturated rings. The molecule has 101 heavy (non-hydrogen) atoms. The maximum Gasteiger partial charge on any atom is 0.317 e. The lowest BCUT2D eigenvalue weighted by Crippen LogP contribution is -2.62. The van der Waals surface area contributed by atoms with Gasteiger partial charge in [0.15, 0.2) is 0 Å². The molecule has 554 valence electrons. The molecule has 6 rings (SSSR count). The van der Waals surface area contributed by atoms with Crippen molar-refractivity contribution in [2.24, 2.45) is 5.73 Å². The molecule has 3 unspecified atom stereocenters. The molecule has 4 aromatic rings. The molecule has 0 spiro atoms. The van der Waals surface area contributed by atoms with Crippen LogP contribution in [-0.4, -0.2) is 289 Å². The maximum atomic E-state index is 15.3. The van der Waals surface area contributed by atoms with E-state index in [1.807, 2.05) is 0 Å². The molecule has 8 amide bonds. The second-order valence-electron chi connectivity index (χ2n) is 25.2. The van der Waals surface area contributed by atoms with E-state index in [1.165, 1.54) is 38.1 Å². The number of aromatic hydroxyl groups is 1. The molecule has 0 aliphatic carbocycles. The van der Waals surface area contributed by atoms with Gasteiger partial charge < -0.3 is 89.0 Å². The lowest BCUT2D eigenvalue weighted by molar-refractivity contribution is -0.140. The van der Waals surface area contributed by atoms with Gasteiger partial charge in [0.25, 0.3) is 0 Å². The van der Waals surface area contributed by atoms with E-state index in [1.54, 1.807) is 80.4 Å². The van der Waals surface area contributed by atoms with E-state index in [2.05, 4.69) is 47.5 Å². The highest BCUT2D eigenvalue weighted by Gasteiger charge is 2.37. The number of nitrogens with one attached hydrogen (secondary N) is 9. The number of para-hydroxylation sites is 1. The summed E-state index contributed by atoms with van der Waals surface area (Å²) in [7, 11) is 1.83. The van der Waals surface area contributed by atoms with Crippen LogP contribution in [0.3, 0.4) is 0 Å². The topological polar surface area (TPSA) is 480 Å². The Kier molecular flexibility index (Phi) is 34.0. The van der Waals surface area contributed by atoms with Gasteiger partial charge in [-0.3, -0.25) is 72.3 Å². The minimum atomic E-state index is -1.77. The van der Waals surface area contributed by atoms with Crippen LogP contribution in [0.1, 0.15) is 62.6 Å². The standard InChI is InChI=1S/C67H96N14O18S2/c1-41(83)53(38-82)74-66(98)55-40-101-100-39-54(75-62(94)50(30-43-12-4-3-5-13-43)70-56(86)34-78-22-10-23-80(36-58(89)90)28-29-81(37-59(91)92)25-11-24-79(27-26-78)35-57(87)88)65(97)72-51(31-44-17-19-46(85)20-18-44)63(95)73-52(32-45-33-69-48-15-7-6-14-47(45)48)64(96)71-49(16-8-9-21-68)61(93)77-60(42(2)84)67(99)76-55/h3-7,12-15,17-20,33,41-42,49-55,60,69,82-85H,8-11,16,21-32,34-40,68H2,1-2H3,(H,70,86)(H,71,96)(H,72,97)(H,73,95)(H,74,98)(H,75,94)(H,76,99)(H,77,93)(H,87,88)(H,89,90)(H,91,92)/t41-,42-,49+,50-,51?,52-,53+,54+,55?,60?/m1/s1. The molecule has 3 aromatic carbocycles. The second-order valence-corrected chi connectivity index (χ2v) is 27.7. The fourth-order valence-corrected chi connectivity index (χ4v) is 13.9. The summed E-state index contributed by atoms with van der Waals surface area (Å²) in [5, 5.41) is 93.4. The number of phenols is 1. The molecule has 18 N–H and O–H groups in total. The summed E-state index contributed by atoms with van der Waals surface area (Å²) < 4.78 is 0. The number of phenolic OH excluding ortho intramolecular Hbond substituents is 1. The van der Waals surface area contributed by atoms with E-state index in [0.717, 1.165) is 21.6 Å². The van der Waals surface area contributed by atoms with Crippen LogP contribution >= 0.6 is 21.6 Å². The first-order chi connectivity index (χ1) is 48.3. The van der Waals surface area contributed by atoms with Crippen LogP contribution in [0.2, 0.25) is 0 Å². The Morgan fingerprint density at radius 2 is 1.13 bits per heavy atom. The molecule has 2 aliphatic heterocycles. The average Bonchev–Trinajstić information content (AvgIpc) is 1.74. The molecule has 32 nitrogen and oxygen atoms in total. The van der Waals surface area contributed by atoms with Gasteiger partial charge >= 0.3 is 17.9 Å². The van der Waals surface area contributed by atoms with Crippen LogP contribution in [0.15, 0.2) is 85.1 Å². The molecule has 2 aliphatic rings. The van der Waals surface area contributed by atoms with E-state index >= 15 is 14.4 Å². The number of nitrogens with two attached hydrogens (primary N) is 1. The van der Waals surface area contributed by atoms with Crippen molar-refractivity contribution < 1.29 is 88.5 Å². The van der Waals surface area contributed by atoms with E-state index in [0.29, 0.717) is 46.9 Å². The van der Waals surface area contributed by atoms with E-state index < -0.39 is 132 Å². The number of aliphatic hydroxyl groups excluding tert-OH is 3. The number of aromatic amines is 1. The summed E-state index contributed by atoms with van der Waals surface area (Å²) in [5.74, 6) is -11.4. The predicted octanol–water partition coefficient (Wildman–Crippen LogP) is -2.69. The number of unbranched alkanes of at least 4 members (excludes halogenated alkanes) is 1. The first-order valence-corrected chi connectivity index (χ1v) is 36.0. The molecule has 10 atom stereocenters. The van der Waals surface area contributed by atoms with Crippen molar-refractivity contribution in [1.29, 1.82) is 0 Å². The summed E-state index contributed by atoms with van der Waals surface area (Å²) in [6.45, 7) is 2.19. The number of aromatic nitrogens is 1. The predicted molar refractivity (Wildman–Crippen MR) is 376 cm³/mol. The van der Waals surface area contributed by atoms with E-state index in [-0.39, 0.29) is 134 Å². The van der Waals surface area contributed by atoms with Gasteiger partial charge in [0.1, 0.15) is 48.0 Å². The largest absolute Gasteiger partial charge is 0.508 e. The monoisotopic (exact) mass is 1450 g/mol. The highest BCUT2D eigenvalue weighted by Crippen LogP contribution is 2.25. The Balaban J connectivity index is 1.39. The van der Waals surface area contributed by atoms with E-state index in [4.69, 9.17) is 5.73 Å². The van der Waals surface area contributed by atoms with Crippen LogP contribution < -0.4 is 48.3 Å². The number of carboxylic acid groups (broad SMARTS) is 3. The normalized spacial score (nSPS) is 22.1. The molecular formula is C67H96N14O18S2. The number of rotatable bonds is 26. The number of hydrogen-bond donors (Lipinski definition) is 17. The van der Waals surface area contributed by atoms with Crippen LogP contribution in [0.4, 0.5) is 0 Å². The molecule has 0 saturated carbocycles. The van der Waals surface area contributed by atoms with Crippen molar-refractivity contribution in [3.63, 3.8) is 0 Å². The fourth-order valence-electron chi connectivity index (χ4n) is 11.5. The van der Waals surface area contributed by atoms with Gasteiger partial charge in [0.05, 0.1) is 51.0 Å². The van der Waals surface area contributed by atoms with Crippen LogP contribution in [0.25, 0.3) is 10.9 Å². The molecule has 3 heterocycles. The molecule has 34 heteroatoms. The number of benzene rings is 3. The number of carbonyl (C=O) groups excluding carboxylic acids is 8. The van der Waals surface area contributed by atoms with Crippen molar-refractivity contribution in [3.8, 4) is 5.75 Å².